The monoisotopic (exact) mass is 258 g/mol. The summed E-state index contributed by atoms with van der Waals surface area (Å²) in [4.78, 5) is 7.21. The van der Waals surface area contributed by atoms with Crippen LogP contribution >= 0.6 is 11.3 Å². The zero-order chi connectivity index (χ0) is 12.3. The summed E-state index contributed by atoms with van der Waals surface area (Å²) < 4.78 is 2.00. The van der Waals surface area contributed by atoms with Crippen LogP contribution in [0.4, 0.5) is 0 Å². The molecule has 4 nitrogen and oxygen atoms in total. The zero-order valence-corrected chi connectivity index (χ0v) is 11.3. The second-order valence-corrected chi connectivity index (χ2v) is 6.18. The van der Waals surface area contributed by atoms with E-state index in [4.69, 9.17) is 0 Å². The maximum absolute atomic E-state index is 4.58. The second kappa shape index (κ2) is 3.51. The maximum Gasteiger partial charge on any atom is 0.172 e. The van der Waals surface area contributed by atoms with Gasteiger partial charge in [-0.05, 0) is 37.7 Å². The number of fused-ring (bicyclic) bond motifs is 5. The normalized spacial score (nSPS) is 19.6. The Labute approximate surface area is 109 Å². The van der Waals surface area contributed by atoms with E-state index >= 15 is 0 Å². The van der Waals surface area contributed by atoms with Gasteiger partial charge < -0.3 is 0 Å². The van der Waals surface area contributed by atoms with Gasteiger partial charge in [-0.15, -0.1) is 21.5 Å². The van der Waals surface area contributed by atoms with Crippen LogP contribution in [0.2, 0.25) is 0 Å². The van der Waals surface area contributed by atoms with E-state index in [2.05, 4.69) is 22.1 Å². The van der Waals surface area contributed by atoms with Crippen LogP contribution in [-0.4, -0.2) is 19.6 Å². The predicted molar refractivity (Wildman–Crippen MR) is 72.3 cm³/mol. The highest BCUT2D eigenvalue weighted by atomic mass is 32.1. The van der Waals surface area contributed by atoms with Crippen LogP contribution in [0.25, 0.3) is 15.9 Å². The topological polar surface area (TPSA) is 43.1 Å². The average Bonchev–Trinajstić information content (AvgIpc) is 2.90. The molecule has 1 atom stereocenters. The Balaban J connectivity index is 2.20. The molecule has 0 saturated heterocycles. The van der Waals surface area contributed by atoms with Crippen LogP contribution in [0.15, 0.2) is 6.33 Å². The van der Waals surface area contributed by atoms with Gasteiger partial charge in [0.15, 0.2) is 5.65 Å². The van der Waals surface area contributed by atoms with E-state index in [1.54, 1.807) is 0 Å². The molecule has 0 saturated carbocycles. The van der Waals surface area contributed by atoms with Gasteiger partial charge in [-0.2, -0.15) is 0 Å². The van der Waals surface area contributed by atoms with Crippen molar-refractivity contribution in [1.82, 2.24) is 19.6 Å². The molecule has 0 bridgehead atoms. The van der Waals surface area contributed by atoms with Crippen LogP contribution in [-0.2, 0) is 6.42 Å². The van der Waals surface area contributed by atoms with Gasteiger partial charge in [-0.25, -0.2) is 4.98 Å². The Morgan fingerprint density at radius 2 is 2.28 bits per heavy atom. The molecule has 0 radical (unpaired) electrons. The highest BCUT2D eigenvalue weighted by Gasteiger charge is 2.24. The largest absolute Gasteiger partial charge is 0.269 e. The summed E-state index contributed by atoms with van der Waals surface area (Å²) >= 11 is 1.84. The molecule has 1 aliphatic rings. The van der Waals surface area contributed by atoms with Gasteiger partial charge in [-0.1, -0.05) is 6.92 Å². The summed E-state index contributed by atoms with van der Waals surface area (Å²) in [6.07, 6.45) is 5.61. The minimum Gasteiger partial charge on any atom is -0.269 e. The third kappa shape index (κ3) is 1.22. The van der Waals surface area contributed by atoms with Crippen molar-refractivity contribution in [1.29, 1.82) is 0 Å². The SMILES string of the molecule is Cc1nnc2c3c4c(sc3ncn12)CCCC4C. The number of hydrogen-bond donors (Lipinski definition) is 0. The fourth-order valence-corrected chi connectivity index (χ4v) is 4.29. The van der Waals surface area contributed by atoms with E-state index in [0.717, 1.165) is 16.3 Å². The van der Waals surface area contributed by atoms with E-state index in [1.165, 1.54) is 35.1 Å². The van der Waals surface area contributed by atoms with Crippen LogP contribution in [0, 0.1) is 6.92 Å². The minimum absolute atomic E-state index is 0.618. The lowest BCUT2D eigenvalue weighted by Gasteiger charge is -2.18. The van der Waals surface area contributed by atoms with Crippen molar-refractivity contribution in [3.63, 3.8) is 0 Å². The van der Waals surface area contributed by atoms with Gasteiger partial charge in [0.2, 0.25) is 0 Å². The van der Waals surface area contributed by atoms with Crippen molar-refractivity contribution in [3.05, 3.63) is 22.6 Å². The Morgan fingerprint density at radius 3 is 3.17 bits per heavy atom. The highest BCUT2D eigenvalue weighted by molar-refractivity contribution is 7.19. The number of nitrogens with zero attached hydrogens (tertiary/aromatic N) is 4. The molecule has 0 fully saturated rings. The number of thiophene rings is 1. The van der Waals surface area contributed by atoms with Crippen LogP contribution < -0.4 is 0 Å². The molecule has 3 aromatic heterocycles. The molecule has 0 N–H and O–H groups in total. The minimum atomic E-state index is 0.618. The standard InChI is InChI=1S/C13H14N4S/c1-7-4-3-5-9-10(7)11-12-16-15-8(2)17(12)6-14-13(11)18-9/h6-7H,3-5H2,1-2H3. The third-order valence-corrected chi connectivity index (χ3v) is 5.09. The predicted octanol–water partition coefficient (Wildman–Crippen LogP) is 3.09. The molecule has 1 aliphatic carbocycles. The molecule has 92 valence electrons. The molecule has 0 aliphatic heterocycles. The molecule has 3 aromatic rings. The lowest BCUT2D eigenvalue weighted by molar-refractivity contribution is 0.602. The van der Waals surface area contributed by atoms with Gasteiger partial charge in [0.25, 0.3) is 0 Å². The summed E-state index contributed by atoms with van der Waals surface area (Å²) in [6, 6.07) is 0. The molecule has 5 heteroatoms. The quantitative estimate of drug-likeness (QED) is 0.622. The van der Waals surface area contributed by atoms with E-state index in [-0.39, 0.29) is 0 Å². The Bertz CT molecular complexity index is 755. The van der Waals surface area contributed by atoms with E-state index in [9.17, 15) is 0 Å². The average molecular weight is 258 g/mol. The zero-order valence-electron chi connectivity index (χ0n) is 10.5. The van der Waals surface area contributed by atoms with Gasteiger partial charge in [0.1, 0.15) is 17.0 Å². The summed E-state index contributed by atoms with van der Waals surface area (Å²) in [5.41, 5.74) is 2.45. The molecule has 18 heavy (non-hydrogen) atoms. The third-order valence-electron chi connectivity index (χ3n) is 3.92. The number of aromatic nitrogens is 4. The molecule has 3 heterocycles. The highest BCUT2D eigenvalue weighted by Crippen LogP contribution is 2.42. The van der Waals surface area contributed by atoms with Crippen LogP contribution in [0.1, 0.15) is 41.9 Å². The summed E-state index contributed by atoms with van der Waals surface area (Å²) in [6.45, 7) is 4.28. The lowest BCUT2D eigenvalue weighted by atomic mass is 9.87. The van der Waals surface area contributed by atoms with Crippen molar-refractivity contribution in [3.8, 4) is 0 Å². The lowest BCUT2D eigenvalue weighted by Crippen LogP contribution is -2.04. The summed E-state index contributed by atoms with van der Waals surface area (Å²) in [5, 5.41) is 9.76. The molecule has 0 spiro atoms. The molecular weight excluding hydrogens is 244 g/mol. The summed E-state index contributed by atoms with van der Waals surface area (Å²) in [5.74, 6) is 1.52. The van der Waals surface area contributed by atoms with Gasteiger partial charge in [-0.3, -0.25) is 4.40 Å². The summed E-state index contributed by atoms with van der Waals surface area (Å²) in [7, 11) is 0. The Kier molecular flexibility index (Phi) is 2.03. The van der Waals surface area contributed by atoms with Gasteiger partial charge in [0.05, 0.1) is 5.39 Å². The van der Waals surface area contributed by atoms with Crippen molar-refractivity contribution in [2.45, 2.75) is 39.0 Å². The molecule has 1 unspecified atom stereocenters. The Morgan fingerprint density at radius 1 is 1.39 bits per heavy atom. The van der Waals surface area contributed by atoms with E-state index in [1.807, 2.05) is 29.0 Å². The van der Waals surface area contributed by atoms with Crippen molar-refractivity contribution in [2.24, 2.45) is 0 Å². The van der Waals surface area contributed by atoms with Crippen molar-refractivity contribution < 1.29 is 0 Å². The molecular formula is C13H14N4S. The first-order chi connectivity index (χ1) is 8.75. The van der Waals surface area contributed by atoms with Gasteiger partial charge >= 0.3 is 0 Å². The first-order valence-corrected chi connectivity index (χ1v) is 7.19. The first kappa shape index (κ1) is 10.4. The van der Waals surface area contributed by atoms with Crippen molar-refractivity contribution in [2.75, 3.05) is 0 Å². The maximum atomic E-state index is 4.58. The van der Waals surface area contributed by atoms with E-state index in [0.29, 0.717) is 5.92 Å². The molecule has 4 rings (SSSR count). The molecule has 0 amide bonds. The number of aryl methyl sites for hydroxylation is 2. The number of rotatable bonds is 0. The number of hydrogen-bond acceptors (Lipinski definition) is 4. The van der Waals surface area contributed by atoms with Crippen LogP contribution in [0.3, 0.4) is 0 Å². The first-order valence-electron chi connectivity index (χ1n) is 6.37. The fraction of sp³-hybridized carbons (Fsp3) is 0.462. The molecule has 0 aromatic carbocycles. The van der Waals surface area contributed by atoms with Crippen molar-refractivity contribution >= 4 is 27.2 Å². The van der Waals surface area contributed by atoms with Gasteiger partial charge in [0, 0.05) is 4.88 Å². The Hall–Kier alpha value is -1.49. The van der Waals surface area contributed by atoms with Crippen LogP contribution in [0.5, 0.6) is 0 Å². The fourth-order valence-electron chi connectivity index (χ4n) is 2.99. The smallest absolute Gasteiger partial charge is 0.172 e. The second-order valence-electron chi connectivity index (χ2n) is 5.10. The van der Waals surface area contributed by atoms with E-state index < -0.39 is 0 Å².